The van der Waals surface area contributed by atoms with Crippen LogP contribution in [-0.4, -0.2) is 15.9 Å². The highest BCUT2D eigenvalue weighted by atomic mass is 35.5. The Balaban J connectivity index is 1.99. The summed E-state index contributed by atoms with van der Waals surface area (Å²) in [5.41, 5.74) is 2.94. The Morgan fingerprint density at radius 3 is 2.54 bits per heavy atom. The molecule has 1 unspecified atom stereocenters. The van der Waals surface area contributed by atoms with Crippen LogP contribution in [0.4, 0.5) is 11.4 Å². The number of anilines is 1. The summed E-state index contributed by atoms with van der Waals surface area (Å²) in [6, 6.07) is 11.2. The Hall–Kier alpha value is -2.97. The van der Waals surface area contributed by atoms with Crippen LogP contribution in [0.5, 0.6) is 0 Å². The molecule has 1 aliphatic rings. The zero-order valence-electron chi connectivity index (χ0n) is 15.1. The third-order valence-electron chi connectivity index (χ3n) is 4.32. The van der Waals surface area contributed by atoms with E-state index in [4.69, 9.17) is 23.8 Å². The lowest BCUT2D eigenvalue weighted by atomic mass is 9.94. The number of nitro benzene ring substituents is 1. The summed E-state index contributed by atoms with van der Waals surface area (Å²) in [4.78, 5) is 23.7. The van der Waals surface area contributed by atoms with Gasteiger partial charge in [-0.1, -0.05) is 35.4 Å². The molecule has 3 N–H and O–H groups in total. The summed E-state index contributed by atoms with van der Waals surface area (Å²) < 4.78 is 0. The lowest BCUT2D eigenvalue weighted by molar-refractivity contribution is -0.384. The number of halogens is 1. The van der Waals surface area contributed by atoms with E-state index in [2.05, 4.69) is 16.0 Å². The van der Waals surface area contributed by atoms with E-state index >= 15 is 0 Å². The number of hydrogen-bond donors (Lipinski definition) is 3. The number of hydrogen-bond acceptors (Lipinski definition) is 4. The number of thiocarbonyl (C=S) groups is 1. The van der Waals surface area contributed by atoms with E-state index in [9.17, 15) is 14.9 Å². The average molecular weight is 417 g/mol. The van der Waals surface area contributed by atoms with Crippen molar-refractivity contribution in [2.45, 2.75) is 19.9 Å². The quantitative estimate of drug-likeness (QED) is 0.396. The number of carbonyl (C=O) groups excluding carboxylic acids is 1. The van der Waals surface area contributed by atoms with E-state index in [1.54, 1.807) is 25.1 Å². The summed E-state index contributed by atoms with van der Waals surface area (Å²) in [5.74, 6) is -0.341. The number of aryl methyl sites for hydroxylation is 1. The predicted octanol–water partition coefficient (Wildman–Crippen LogP) is 3.99. The first kappa shape index (κ1) is 19.8. The maximum atomic E-state index is 13.0. The van der Waals surface area contributed by atoms with Crippen LogP contribution in [0, 0.1) is 17.0 Å². The maximum absolute atomic E-state index is 13.0. The topological polar surface area (TPSA) is 96.3 Å². The fourth-order valence-electron chi connectivity index (χ4n) is 2.93. The van der Waals surface area contributed by atoms with Crippen molar-refractivity contribution in [1.82, 2.24) is 10.6 Å². The van der Waals surface area contributed by atoms with Crippen molar-refractivity contribution in [1.29, 1.82) is 0 Å². The lowest BCUT2D eigenvalue weighted by Gasteiger charge is -2.30. The van der Waals surface area contributed by atoms with Crippen molar-refractivity contribution >= 4 is 46.2 Å². The molecule has 0 fully saturated rings. The van der Waals surface area contributed by atoms with Crippen LogP contribution in [0.3, 0.4) is 0 Å². The Morgan fingerprint density at radius 2 is 1.89 bits per heavy atom. The van der Waals surface area contributed by atoms with E-state index < -0.39 is 11.0 Å². The Labute approximate surface area is 171 Å². The molecule has 0 bridgehead atoms. The van der Waals surface area contributed by atoms with E-state index in [1.165, 1.54) is 12.1 Å². The third-order valence-corrected chi connectivity index (χ3v) is 4.86. The van der Waals surface area contributed by atoms with Gasteiger partial charge < -0.3 is 16.0 Å². The van der Waals surface area contributed by atoms with Gasteiger partial charge in [0.25, 0.3) is 11.6 Å². The average Bonchev–Trinajstić information content (AvgIpc) is 2.63. The van der Waals surface area contributed by atoms with Gasteiger partial charge in [-0.2, -0.15) is 0 Å². The Kier molecular flexibility index (Phi) is 5.62. The Morgan fingerprint density at radius 1 is 1.21 bits per heavy atom. The van der Waals surface area contributed by atoms with Crippen LogP contribution in [-0.2, 0) is 4.79 Å². The smallest absolute Gasteiger partial charge is 0.288 e. The third kappa shape index (κ3) is 4.13. The zero-order chi connectivity index (χ0) is 20.4. The van der Waals surface area contributed by atoms with Gasteiger partial charge in [0.1, 0.15) is 5.02 Å². The van der Waals surface area contributed by atoms with Crippen molar-refractivity contribution in [3.8, 4) is 0 Å². The molecule has 0 spiro atoms. The minimum Gasteiger partial charge on any atom is -0.351 e. The first-order valence-corrected chi connectivity index (χ1v) is 9.15. The lowest BCUT2D eigenvalue weighted by Crippen LogP contribution is -2.45. The predicted molar refractivity (Wildman–Crippen MR) is 112 cm³/mol. The number of nitrogens with one attached hydrogen (secondary N) is 3. The molecule has 28 heavy (non-hydrogen) atoms. The molecule has 0 aromatic heterocycles. The van der Waals surface area contributed by atoms with Crippen molar-refractivity contribution in [2.75, 3.05) is 5.32 Å². The molecule has 3 rings (SSSR count). The number of benzene rings is 2. The SMILES string of the molecule is CC1=C(C(=O)Nc2ccc(C)cc2)C(c2ccc(Cl)c([N+](=O)[O-])c2)NC(=S)N1. The highest BCUT2D eigenvalue weighted by Gasteiger charge is 2.31. The first-order valence-electron chi connectivity index (χ1n) is 8.36. The molecule has 2 aromatic rings. The molecular weight excluding hydrogens is 400 g/mol. The van der Waals surface area contributed by atoms with Gasteiger partial charge in [-0.25, -0.2) is 0 Å². The maximum Gasteiger partial charge on any atom is 0.288 e. The summed E-state index contributed by atoms with van der Waals surface area (Å²) >= 11 is 11.1. The van der Waals surface area contributed by atoms with Gasteiger partial charge in [0.05, 0.1) is 16.5 Å². The fourth-order valence-corrected chi connectivity index (χ4v) is 3.39. The van der Waals surface area contributed by atoms with Gasteiger partial charge in [0.2, 0.25) is 0 Å². The largest absolute Gasteiger partial charge is 0.351 e. The molecule has 0 saturated carbocycles. The molecule has 1 atom stereocenters. The number of carbonyl (C=O) groups is 1. The van der Waals surface area contributed by atoms with Crippen molar-refractivity contribution in [2.24, 2.45) is 0 Å². The van der Waals surface area contributed by atoms with E-state index in [-0.39, 0.29) is 16.6 Å². The molecule has 9 heteroatoms. The molecule has 7 nitrogen and oxygen atoms in total. The first-order chi connectivity index (χ1) is 13.3. The van der Waals surface area contributed by atoms with Crippen LogP contribution in [0.15, 0.2) is 53.7 Å². The summed E-state index contributed by atoms with van der Waals surface area (Å²) in [6.45, 7) is 3.69. The second-order valence-electron chi connectivity index (χ2n) is 6.36. The zero-order valence-corrected chi connectivity index (χ0v) is 16.6. The number of nitrogens with zero attached hydrogens (tertiary/aromatic N) is 1. The van der Waals surface area contributed by atoms with E-state index in [0.29, 0.717) is 27.6 Å². The second-order valence-corrected chi connectivity index (χ2v) is 7.17. The normalized spacial score (nSPS) is 16.2. The second kappa shape index (κ2) is 7.95. The van der Waals surface area contributed by atoms with Gasteiger partial charge in [0.15, 0.2) is 5.11 Å². The van der Waals surface area contributed by atoms with E-state index in [1.807, 2.05) is 19.1 Å². The van der Waals surface area contributed by atoms with E-state index in [0.717, 1.165) is 5.56 Å². The molecule has 0 aliphatic carbocycles. The molecule has 2 aromatic carbocycles. The van der Waals surface area contributed by atoms with Crippen molar-refractivity contribution in [3.63, 3.8) is 0 Å². The molecule has 1 amide bonds. The number of nitro groups is 1. The Bertz CT molecular complexity index is 1000. The number of allylic oxidation sites excluding steroid dienone is 1. The molecule has 1 heterocycles. The molecular formula is C19H17ClN4O3S. The van der Waals surface area contributed by atoms with Gasteiger partial charge in [-0.3, -0.25) is 14.9 Å². The minimum absolute atomic E-state index is 0.0246. The van der Waals surface area contributed by atoms with Crippen LogP contribution >= 0.6 is 23.8 Å². The highest BCUT2D eigenvalue weighted by Crippen LogP contribution is 2.33. The van der Waals surface area contributed by atoms with Gasteiger partial charge in [-0.15, -0.1) is 0 Å². The van der Waals surface area contributed by atoms with Gasteiger partial charge in [0, 0.05) is 17.5 Å². The number of amides is 1. The van der Waals surface area contributed by atoms with Crippen LogP contribution in [0.1, 0.15) is 24.1 Å². The molecule has 144 valence electrons. The molecule has 1 aliphatic heterocycles. The summed E-state index contributed by atoms with van der Waals surface area (Å²) in [5, 5.41) is 20.4. The van der Waals surface area contributed by atoms with Gasteiger partial charge >= 0.3 is 0 Å². The van der Waals surface area contributed by atoms with Crippen LogP contribution in [0.2, 0.25) is 5.02 Å². The monoisotopic (exact) mass is 416 g/mol. The van der Waals surface area contributed by atoms with Crippen LogP contribution in [0.25, 0.3) is 0 Å². The van der Waals surface area contributed by atoms with Crippen molar-refractivity contribution in [3.05, 3.63) is 80.0 Å². The summed E-state index contributed by atoms with van der Waals surface area (Å²) in [7, 11) is 0. The summed E-state index contributed by atoms with van der Waals surface area (Å²) in [6.07, 6.45) is 0. The molecule has 0 radical (unpaired) electrons. The van der Waals surface area contributed by atoms with Crippen molar-refractivity contribution < 1.29 is 9.72 Å². The standard InChI is InChI=1S/C19H17ClN4O3S/c1-10-3-6-13(7-4-10)22-18(25)16-11(2)21-19(28)23-17(16)12-5-8-14(20)15(9-12)24(26)27/h3-9,17H,1-2H3,(H,22,25)(H2,21,23,28). The highest BCUT2D eigenvalue weighted by molar-refractivity contribution is 7.80. The van der Waals surface area contributed by atoms with Crippen LogP contribution < -0.4 is 16.0 Å². The van der Waals surface area contributed by atoms with Gasteiger partial charge in [-0.05, 0) is 49.8 Å². The fraction of sp³-hybridized carbons (Fsp3) is 0.158. The number of rotatable bonds is 4. The molecule has 0 saturated heterocycles. The minimum atomic E-state index is -0.657.